The number of hydrogen-bond acceptors (Lipinski definition) is 6. The molecule has 0 saturated carbocycles. The number of hydrogen-bond donors (Lipinski definition) is 2. The van der Waals surface area contributed by atoms with Crippen molar-refractivity contribution in [2.75, 3.05) is 30.4 Å². The summed E-state index contributed by atoms with van der Waals surface area (Å²) in [5, 5.41) is 5.82. The molecule has 23 heavy (non-hydrogen) atoms. The van der Waals surface area contributed by atoms with Gasteiger partial charge >= 0.3 is 0 Å². The second kappa shape index (κ2) is 7.64. The quantitative estimate of drug-likeness (QED) is 0.792. The second-order valence-electron chi connectivity index (χ2n) is 5.37. The number of amides is 1. The summed E-state index contributed by atoms with van der Waals surface area (Å²) in [4.78, 5) is 23.3. The van der Waals surface area contributed by atoms with Gasteiger partial charge in [0.25, 0.3) is 0 Å². The summed E-state index contributed by atoms with van der Waals surface area (Å²) in [7, 11) is 0. The molecule has 2 N–H and O–H groups in total. The summed E-state index contributed by atoms with van der Waals surface area (Å²) in [6.45, 7) is 2.57. The smallest absolute Gasteiger partial charge is 0.229 e. The predicted octanol–water partition coefficient (Wildman–Crippen LogP) is 1.95. The van der Waals surface area contributed by atoms with E-state index >= 15 is 0 Å². The molecule has 1 aliphatic rings. The molecule has 3 heterocycles. The van der Waals surface area contributed by atoms with Crippen LogP contribution in [0.25, 0.3) is 11.4 Å². The van der Waals surface area contributed by atoms with E-state index in [0.717, 1.165) is 44.1 Å². The number of carbonyl (C=O) groups is 1. The van der Waals surface area contributed by atoms with Crippen LogP contribution in [0.1, 0.15) is 12.8 Å². The normalized spacial score (nSPS) is 15.1. The van der Waals surface area contributed by atoms with E-state index in [4.69, 9.17) is 4.74 Å². The lowest BCUT2D eigenvalue weighted by molar-refractivity contribution is -0.105. The van der Waals surface area contributed by atoms with Gasteiger partial charge in [-0.2, -0.15) is 0 Å². The number of nitrogens with zero attached hydrogens (tertiary/aromatic N) is 3. The first-order valence-electron chi connectivity index (χ1n) is 7.67. The summed E-state index contributed by atoms with van der Waals surface area (Å²) < 4.78 is 5.37. The van der Waals surface area contributed by atoms with Crippen molar-refractivity contribution in [1.29, 1.82) is 0 Å². The Kier molecular flexibility index (Phi) is 5.10. The molecule has 0 aliphatic carbocycles. The largest absolute Gasteiger partial charge is 0.381 e. The molecule has 3 rings (SSSR count). The fraction of sp³-hybridized carbons (Fsp3) is 0.375. The number of ether oxygens (including phenoxy) is 1. The lowest BCUT2D eigenvalue weighted by Crippen LogP contribution is -2.22. The van der Waals surface area contributed by atoms with Crippen molar-refractivity contribution >= 4 is 18.2 Å². The standard InChI is InChI=1S/C16H19N5O2/c22-11-19-16-17-7-4-14(21-16)13-2-1-3-15(20-13)18-10-12-5-8-23-9-6-12/h1-4,7,11-12H,5-6,8-10H2,(H,18,20)(H,17,19,21,22). The highest BCUT2D eigenvalue weighted by atomic mass is 16.5. The first-order valence-corrected chi connectivity index (χ1v) is 7.67. The minimum Gasteiger partial charge on any atom is -0.381 e. The first kappa shape index (κ1) is 15.4. The van der Waals surface area contributed by atoms with Gasteiger partial charge in [0.1, 0.15) is 5.82 Å². The van der Waals surface area contributed by atoms with Gasteiger partial charge in [0, 0.05) is 26.0 Å². The minimum absolute atomic E-state index is 0.264. The molecule has 1 amide bonds. The van der Waals surface area contributed by atoms with Crippen molar-refractivity contribution in [2.45, 2.75) is 12.8 Å². The van der Waals surface area contributed by atoms with E-state index in [0.29, 0.717) is 18.0 Å². The maximum absolute atomic E-state index is 10.5. The van der Waals surface area contributed by atoms with Crippen molar-refractivity contribution in [3.05, 3.63) is 30.5 Å². The molecule has 1 fully saturated rings. The Morgan fingerprint density at radius 1 is 1.17 bits per heavy atom. The Labute approximate surface area is 134 Å². The van der Waals surface area contributed by atoms with Crippen molar-refractivity contribution in [2.24, 2.45) is 5.92 Å². The number of pyridine rings is 1. The molecular formula is C16H19N5O2. The van der Waals surface area contributed by atoms with Gasteiger partial charge < -0.3 is 10.1 Å². The Bertz CT molecular complexity index is 658. The van der Waals surface area contributed by atoms with Gasteiger partial charge in [-0.3, -0.25) is 10.1 Å². The zero-order valence-electron chi connectivity index (χ0n) is 12.7. The molecule has 0 radical (unpaired) electrons. The molecule has 0 aromatic carbocycles. The molecule has 7 nitrogen and oxygen atoms in total. The van der Waals surface area contributed by atoms with Crippen LogP contribution in [0.4, 0.5) is 11.8 Å². The monoisotopic (exact) mass is 313 g/mol. The molecule has 120 valence electrons. The Hall–Kier alpha value is -2.54. The van der Waals surface area contributed by atoms with E-state index in [2.05, 4.69) is 25.6 Å². The summed E-state index contributed by atoms with van der Waals surface area (Å²) in [5.41, 5.74) is 1.40. The lowest BCUT2D eigenvalue weighted by atomic mass is 10.0. The zero-order valence-corrected chi connectivity index (χ0v) is 12.7. The molecule has 1 saturated heterocycles. The number of carbonyl (C=O) groups excluding carboxylic acids is 1. The lowest BCUT2D eigenvalue weighted by Gasteiger charge is -2.22. The molecule has 0 spiro atoms. The van der Waals surface area contributed by atoms with E-state index in [9.17, 15) is 4.79 Å². The fourth-order valence-electron chi connectivity index (χ4n) is 2.50. The molecule has 1 aliphatic heterocycles. The summed E-state index contributed by atoms with van der Waals surface area (Å²) in [6, 6.07) is 7.52. The highest BCUT2D eigenvalue weighted by Crippen LogP contribution is 2.19. The van der Waals surface area contributed by atoms with E-state index in [1.54, 1.807) is 12.3 Å². The maximum atomic E-state index is 10.5. The van der Waals surface area contributed by atoms with E-state index in [-0.39, 0.29) is 5.95 Å². The predicted molar refractivity (Wildman–Crippen MR) is 87.0 cm³/mol. The summed E-state index contributed by atoms with van der Waals surface area (Å²) in [5.74, 6) is 1.70. The second-order valence-corrected chi connectivity index (χ2v) is 5.37. The summed E-state index contributed by atoms with van der Waals surface area (Å²) >= 11 is 0. The summed E-state index contributed by atoms with van der Waals surface area (Å²) in [6.07, 6.45) is 4.31. The van der Waals surface area contributed by atoms with Gasteiger partial charge in [-0.15, -0.1) is 0 Å². The Balaban J connectivity index is 1.69. The van der Waals surface area contributed by atoms with Crippen LogP contribution in [0.5, 0.6) is 0 Å². The van der Waals surface area contributed by atoms with Crippen LogP contribution in [-0.4, -0.2) is 41.1 Å². The molecule has 0 atom stereocenters. The van der Waals surface area contributed by atoms with Crippen LogP contribution in [0.2, 0.25) is 0 Å². The third-order valence-electron chi connectivity index (χ3n) is 3.77. The van der Waals surface area contributed by atoms with Gasteiger partial charge in [0.05, 0.1) is 11.4 Å². The van der Waals surface area contributed by atoms with Crippen LogP contribution < -0.4 is 10.6 Å². The minimum atomic E-state index is 0.264. The SMILES string of the molecule is O=CNc1nccc(-c2cccc(NCC3CCOCC3)n2)n1. The zero-order chi connectivity index (χ0) is 15.9. The van der Waals surface area contributed by atoms with Gasteiger partial charge in [-0.25, -0.2) is 15.0 Å². The third kappa shape index (κ3) is 4.23. The topological polar surface area (TPSA) is 89.0 Å². The third-order valence-corrected chi connectivity index (χ3v) is 3.77. The highest BCUT2D eigenvalue weighted by molar-refractivity contribution is 5.68. The highest BCUT2D eigenvalue weighted by Gasteiger charge is 2.13. The van der Waals surface area contributed by atoms with E-state index in [1.807, 2.05) is 18.2 Å². The van der Waals surface area contributed by atoms with E-state index in [1.165, 1.54) is 0 Å². The number of rotatable bonds is 6. The van der Waals surface area contributed by atoms with Crippen LogP contribution in [0.15, 0.2) is 30.5 Å². The fourth-order valence-corrected chi connectivity index (χ4v) is 2.50. The van der Waals surface area contributed by atoms with Crippen LogP contribution in [0.3, 0.4) is 0 Å². The molecule has 2 aromatic rings. The molecule has 2 aromatic heterocycles. The molecule has 7 heteroatoms. The molecular weight excluding hydrogens is 294 g/mol. The van der Waals surface area contributed by atoms with Gasteiger partial charge in [-0.1, -0.05) is 6.07 Å². The molecule has 0 bridgehead atoms. The van der Waals surface area contributed by atoms with Gasteiger partial charge in [-0.05, 0) is 37.0 Å². The van der Waals surface area contributed by atoms with Crippen LogP contribution in [-0.2, 0) is 9.53 Å². The van der Waals surface area contributed by atoms with Crippen molar-refractivity contribution < 1.29 is 9.53 Å². The number of aromatic nitrogens is 3. The average Bonchev–Trinajstić information content (AvgIpc) is 2.62. The van der Waals surface area contributed by atoms with Crippen molar-refractivity contribution in [3.63, 3.8) is 0 Å². The van der Waals surface area contributed by atoms with Gasteiger partial charge in [0.2, 0.25) is 12.4 Å². The maximum Gasteiger partial charge on any atom is 0.229 e. The van der Waals surface area contributed by atoms with Crippen molar-refractivity contribution in [3.8, 4) is 11.4 Å². The number of anilines is 2. The molecule has 0 unspecified atom stereocenters. The van der Waals surface area contributed by atoms with E-state index < -0.39 is 0 Å². The van der Waals surface area contributed by atoms with Crippen LogP contribution in [0, 0.1) is 5.92 Å². The van der Waals surface area contributed by atoms with Crippen LogP contribution >= 0.6 is 0 Å². The van der Waals surface area contributed by atoms with Gasteiger partial charge in [0.15, 0.2) is 0 Å². The van der Waals surface area contributed by atoms with Crippen molar-refractivity contribution in [1.82, 2.24) is 15.0 Å². The first-order chi connectivity index (χ1) is 11.3. The number of nitrogens with one attached hydrogen (secondary N) is 2. The average molecular weight is 313 g/mol. The Morgan fingerprint density at radius 2 is 2.00 bits per heavy atom. The Morgan fingerprint density at radius 3 is 2.83 bits per heavy atom.